The molecule has 8 heteroatoms. The van der Waals surface area contributed by atoms with E-state index in [2.05, 4.69) is 16.0 Å². The maximum atomic E-state index is 13.4. The minimum absolute atomic E-state index is 0.0302. The highest BCUT2D eigenvalue weighted by molar-refractivity contribution is 5.98. The van der Waals surface area contributed by atoms with E-state index in [4.69, 9.17) is 4.74 Å². The number of amides is 3. The Morgan fingerprint density at radius 2 is 1.93 bits per heavy atom. The first-order valence-corrected chi connectivity index (χ1v) is 9.24. The molecule has 154 valence electrons. The predicted octanol–water partition coefficient (Wildman–Crippen LogP) is 2.89. The van der Waals surface area contributed by atoms with Crippen molar-refractivity contribution < 1.29 is 23.5 Å². The largest absolute Gasteiger partial charge is 0.444 e. The molecule has 1 aromatic rings. The molecule has 1 atom stereocenters. The van der Waals surface area contributed by atoms with Crippen molar-refractivity contribution in [3.05, 3.63) is 29.6 Å². The van der Waals surface area contributed by atoms with Gasteiger partial charge in [-0.1, -0.05) is 6.07 Å². The molecule has 1 aliphatic heterocycles. The molecule has 0 saturated carbocycles. The van der Waals surface area contributed by atoms with Gasteiger partial charge in [0.05, 0.1) is 0 Å². The van der Waals surface area contributed by atoms with Crippen LogP contribution in [0, 0.1) is 5.82 Å². The summed E-state index contributed by atoms with van der Waals surface area (Å²) in [5.41, 5.74) is -0.262. The number of aryl methyl sites for hydroxylation is 1. The number of anilines is 1. The Hall–Kier alpha value is -2.64. The van der Waals surface area contributed by atoms with Gasteiger partial charge in [0, 0.05) is 17.6 Å². The highest BCUT2D eigenvalue weighted by Gasteiger charge is 2.30. The molecule has 2 rings (SSSR count). The third kappa shape index (κ3) is 6.51. The number of carbonyl (C=O) groups excluding carboxylic acids is 3. The zero-order valence-electron chi connectivity index (χ0n) is 16.9. The molecule has 3 amide bonds. The zero-order chi connectivity index (χ0) is 21.1. The molecule has 0 saturated heterocycles. The lowest BCUT2D eigenvalue weighted by Gasteiger charge is -2.28. The van der Waals surface area contributed by atoms with E-state index in [1.807, 2.05) is 0 Å². The maximum Gasteiger partial charge on any atom is 0.408 e. The molecular weight excluding hydrogens is 365 g/mol. The van der Waals surface area contributed by atoms with Crippen LogP contribution in [0.1, 0.15) is 53.0 Å². The number of alkyl carbamates (subject to hydrolysis) is 1. The fraction of sp³-hybridized carbons (Fsp3) is 0.550. The second-order valence-corrected chi connectivity index (χ2v) is 8.64. The van der Waals surface area contributed by atoms with Crippen LogP contribution in [-0.4, -0.2) is 35.1 Å². The average Bonchev–Trinajstić information content (AvgIpc) is 2.63. The van der Waals surface area contributed by atoms with Crippen molar-refractivity contribution in [2.75, 3.05) is 5.32 Å². The van der Waals surface area contributed by atoms with Crippen molar-refractivity contribution in [1.82, 2.24) is 10.6 Å². The van der Waals surface area contributed by atoms with Crippen LogP contribution in [-0.2, 0) is 20.7 Å². The van der Waals surface area contributed by atoms with E-state index in [1.165, 1.54) is 12.1 Å². The van der Waals surface area contributed by atoms with Crippen LogP contribution in [0.5, 0.6) is 0 Å². The van der Waals surface area contributed by atoms with Crippen molar-refractivity contribution in [3.8, 4) is 0 Å². The zero-order valence-corrected chi connectivity index (χ0v) is 16.9. The molecule has 1 aliphatic rings. The second kappa shape index (κ2) is 8.16. The molecule has 1 unspecified atom stereocenters. The Balaban J connectivity index is 1.93. The van der Waals surface area contributed by atoms with E-state index in [1.54, 1.807) is 40.7 Å². The number of benzene rings is 1. The Labute approximate surface area is 164 Å². The smallest absolute Gasteiger partial charge is 0.408 e. The van der Waals surface area contributed by atoms with Crippen molar-refractivity contribution in [3.63, 3.8) is 0 Å². The molecular formula is C20H28FN3O4. The molecule has 3 N–H and O–H groups in total. The summed E-state index contributed by atoms with van der Waals surface area (Å²) in [4.78, 5) is 36.8. The fourth-order valence-corrected chi connectivity index (χ4v) is 2.94. The molecule has 0 radical (unpaired) electrons. The summed E-state index contributed by atoms with van der Waals surface area (Å²) < 4.78 is 18.6. The molecule has 7 nitrogen and oxygen atoms in total. The van der Waals surface area contributed by atoms with E-state index in [0.29, 0.717) is 18.5 Å². The molecule has 1 heterocycles. The van der Waals surface area contributed by atoms with Crippen LogP contribution in [0.25, 0.3) is 0 Å². The lowest BCUT2D eigenvalue weighted by molar-refractivity contribution is -0.127. The minimum Gasteiger partial charge on any atom is -0.444 e. The van der Waals surface area contributed by atoms with Gasteiger partial charge in [0.2, 0.25) is 11.8 Å². The van der Waals surface area contributed by atoms with Crippen LogP contribution in [0.15, 0.2) is 18.2 Å². The number of halogens is 1. The topological polar surface area (TPSA) is 96.5 Å². The third-order valence-corrected chi connectivity index (χ3v) is 4.13. The van der Waals surface area contributed by atoms with Gasteiger partial charge in [0.25, 0.3) is 0 Å². The van der Waals surface area contributed by atoms with Gasteiger partial charge in [0.1, 0.15) is 17.5 Å². The SMILES string of the molecule is CC(C)(CC(=O)NC1CCc2ccc(F)cc2NC1=O)NC(=O)OC(C)(C)C. The number of hydrogen-bond donors (Lipinski definition) is 3. The number of nitrogens with one attached hydrogen (secondary N) is 3. The highest BCUT2D eigenvalue weighted by atomic mass is 19.1. The lowest BCUT2D eigenvalue weighted by atomic mass is 9.99. The molecule has 0 aromatic heterocycles. The van der Waals surface area contributed by atoms with E-state index in [0.717, 1.165) is 5.56 Å². The van der Waals surface area contributed by atoms with E-state index in [9.17, 15) is 18.8 Å². The van der Waals surface area contributed by atoms with Crippen molar-refractivity contribution in [1.29, 1.82) is 0 Å². The van der Waals surface area contributed by atoms with Gasteiger partial charge in [-0.25, -0.2) is 9.18 Å². The molecule has 0 fully saturated rings. The minimum atomic E-state index is -0.861. The Morgan fingerprint density at radius 3 is 2.57 bits per heavy atom. The summed E-state index contributed by atoms with van der Waals surface area (Å²) in [6.45, 7) is 8.65. The number of fused-ring (bicyclic) bond motifs is 1. The monoisotopic (exact) mass is 393 g/mol. The first-order valence-electron chi connectivity index (χ1n) is 9.24. The number of ether oxygens (including phenoxy) is 1. The Bertz CT molecular complexity index is 771. The molecule has 28 heavy (non-hydrogen) atoms. The molecule has 0 spiro atoms. The van der Waals surface area contributed by atoms with E-state index < -0.39 is 35.0 Å². The quantitative estimate of drug-likeness (QED) is 0.733. The highest BCUT2D eigenvalue weighted by Crippen LogP contribution is 2.23. The number of hydrogen-bond acceptors (Lipinski definition) is 4. The summed E-state index contributed by atoms with van der Waals surface area (Å²) in [6.07, 6.45) is 0.280. The van der Waals surface area contributed by atoms with Gasteiger partial charge < -0.3 is 20.7 Å². The molecule has 0 aliphatic carbocycles. The number of carbonyl (C=O) groups is 3. The molecule has 0 bridgehead atoms. The van der Waals surface area contributed by atoms with Gasteiger partial charge in [-0.2, -0.15) is 0 Å². The summed E-state index contributed by atoms with van der Waals surface area (Å²) in [7, 11) is 0. The number of rotatable bonds is 4. The lowest BCUT2D eigenvalue weighted by Crippen LogP contribution is -2.51. The normalized spacial score (nSPS) is 17.1. The van der Waals surface area contributed by atoms with Crippen LogP contribution in [0.3, 0.4) is 0 Å². The van der Waals surface area contributed by atoms with Crippen molar-refractivity contribution >= 4 is 23.6 Å². The summed E-state index contributed by atoms with van der Waals surface area (Å²) in [5.74, 6) is -1.20. The van der Waals surface area contributed by atoms with Crippen LogP contribution < -0.4 is 16.0 Å². The van der Waals surface area contributed by atoms with Gasteiger partial charge >= 0.3 is 6.09 Å². The van der Waals surface area contributed by atoms with Crippen molar-refractivity contribution in [2.45, 2.75) is 71.1 Å². The first-order chi connectivity index (χ1) is 12.8. The Morgan fingerprint density at radius 1 is 1.25 bits per heavy atom. The average molecular weight is 393 g/mol. The van der Waals surface area contributed by atoms with Crippen molar-refractivity contribution in [2.24, 2.45) is 0 Å². The van der Waals surface area contributed by atoms with Gasteiger partial charge in [-0.15, -0.1) is 0 Å². The van der Waals surface area contributed by atoms with E-state index in [-0.39, 0.29) is 12.3 Å². The van der Waals surface area contributed by atoms with E-state index >= 15 is 0 Å². The Kier molecular flexibility index (Phi) is 6.31. The summed E-state index contributed by atoms with van der Waals surface area (Å²) in [6, 6.07) is 3.50. The summed E-state index contributed by atoms with van der Waals surface area (Å²) in [5, 5.41) is 8.02. The van der Waals surface area contributed by atoms with Gasteiger partial charge in [-0.3, -0.25) is 9.59 Å². The van der Waals surface area contributed by atoms with Gasteiger partial charge in [-0.05, 0) is 65.2 Å². The standard InChI is InChI=1S/C20H28FN3O4/c1-19(2,3)28-18(27)24-20(4,5)11-16(25)22-14-9-7-12-6-8-13(21)10-15(12)23-17(14)26/h6,8,10,14H,7,9,11H2,1-5H3,(H,22,25)(H,23,26)(H,24,27). The van der Waals surface area contributed by atoms with Crippen LogP contribution in [0.2, 0.25) is 0 Å². The maximum absolute atomic E-state index is 13.4. The second-order valence-electron chi connectivity index (χ2n) is 8.64. The van der Waals surface area contributed by atoms with Crippen LogP contribution in [0.4, 0.5) is 14.9 Å². The fourth-order valence-electron chi connectivity index (χ4n) is 2.94. The third-order valence-electron chi connectivity index (χ3n) is 4.13. The van der Waals surface area contributed by atoms with Gasteiger partial charge in [0.15, 0.2) is 0 Å². The summed E-state index contributed by atoms with van der Waals surface area (Å²) >= 11 is 0. The van der Waals surface area contributed by atoms with Crippen LogP contribution >= 0.6 is 0 Å². The molecule has 1 aromatic carbocycles. The first kappa shape index (κ1) is 21.7. The predicted molar refractivity (Wildman–Crippen MR) is 103 cm³/mol.